The minimum atomic E-state index is -0.679. The molecule has 0 unspecified atom stereocenters. The third-order valence-corrected chi connectivity index (χ3v) is 4.14. The molecule has 0 radical (unpaired) electrons. The summed E-state index contributed by atoms with van der Waals surface area (Å²) < 4.78 is 10.5. The monoisotopic (exact) mass is 341 g/mol. The number of ether oxygens (including phenoxy) is 2. The van der Waals surface area contributed by atoms with Crippen molar-refractivity contribution >= 4 is 17.6 Å². The Labute approximate surface area is 148 Å². The molecule has 0 bridgehead atoms. The van der Waals surface area contributed by atoms with E-state index < -0.39 is 12.1 Å². The molecule has 0 aliphatic rings. The number of hydrogen-bond donors (Lipinski definition) is 1. The van der Waals surface area contributed by atoms with Gasteiger partial charge in [0.1, 0.15) is 5.75 Å². The van der Waals surface area contributed by atoms with Crippen LogP contribution in [0.5, 0.6) is 5.75 Å². The van der Waals surface area contributed by atoms with Crippen LogP contribution in [-0.2, 0) is 9.53 Å². The zero-order valence-corrected chi connectivity index (χ0v) is 15.2. The summed E-state index contributed by atoms with van der Waals surface area (Å²) in [6, 6.07) is 10.8. The summed E-state index contributed by atoms with van der Waals surface area (Å²) in [5, 5.41) is 2.81. The van der Waals surface area contributed by atoms with E-state index in [0.717, 1.165) is 16.7 Å². The molecule has 0 aliphatic heterocycles. The first-order valence-corrected chi connectivity index (χ1v) is 8.06. The molecule has 25 heavy (non-hydrogen) atoms. The smallest absolute Gasteiger partial charge is 0.337 e. The molecule has 2 aromatic rings. The number of carbonyl (C=O) groups excluding carboxylic acids is 2. The van der Waals surface area contributed by atoms with Crippen molar-refractivity contribution in [1.82, 2.24) is 0 Å². The second kappa shape index (κ2) is 7.83. The number of anilines is 1. The van der Waals surface area contributed by atoms with Crippen LogP contribution >= 0.6 is 0 Å². The number of methoxy groups -OCH3 is 1. The van der Waals surface area contributed by atoms with Crippen molar-refractivity contribution in [3.63, 3.8) is 0 Å². The lowest BCUT2D eigenvalue weighted by molar-refractivity contribution is -0.122. The summed E-state index contributed by atoms with van der Waals surface area (Å²) in [7, 11) is 1.32. The molecule has 0 fully saturated rings. The summed E-state index contributed by atoms with van der Waals surface area (Å²) in [5.74, 6) is -0.0520. The van der Waals surface area contributed by atoms with Crippen LogP contribution in [0.15, 0.2) is 36.4 Å². The highest BCUT2D eigenvalue weighted by Crippen LogP contribution is 2.23. The number of esters is 1. The van der Waals surface area contributed by atoms with Gasteiger partial charge < -0.3 is 14.8 Å². The molecule has 0 aliphatic carbocycles. The molecule has 132 valence electrons. The number of amides is 1. The quantitative estimate of drug-likeness (QED) is 0.840. The Hall–Kier alpha value is -2.82. The van der Waals surface area contributed by atoms with Crippen molar-refractivity contribution in [3.8, 4) is 5.75 Å². The van der Waals surface area contributed by atoms with Gasteiger partial charge in [0.05, 0.1) is 12.7 Å². The van der Waals surface area contributed by atoms with E-state index in [1.807, 2.05) is 39.0 Å². The first-order chi connectivity index (χ1) is 11.8. The van der Waals surface area contributed by atoms with E-state index >= 15 is 0 Å². The average molecular weight is 341 g/mol. The minimum absolute atomic E-state index is 0.286. The highest BCUT2D eigenvalue weighted by molar-refractivity contribution is 5.97. The maximum Gasteiger partial charge on any atom is 0.337 e. The molecule has 0 saturated carbocycles. The van der Waals surface area contributed by atoms with Crippen LogP contribution in [0.1, 0.15) is 34.0 Å². The number of hydrogen-bond acceptors (Lipinski definition) is 4. The van der Waals surface area contributed by atoms with Gasteiger partial charge in [0.25, 0.3) is 5.91 Å². The van der Waals surface area contributed by atoms with Crippen molar-refractivity contribution in [2.75, 3.05) is 12.4 Å². The van der Waals surface area contributed by atoms with E-state index in [2.05, 4.69) is 5.32 Å². The molecule has 0 heterocycles. The van der Waals surface area contributed by atoms with Gasteiger partial charge in [-0.1, -0.05) is 18.2 Å². The number of aryl methyl sites for hydroxylation is 2. The third-order valence-electron chi connectivity index (χ3n) is 4.14. The standard InChI is InChI=1S/C20H23NO4/c1-12-7-6-8-18(14(12)3)25-15(4)19(22)21-17-11-16(20(23)24-5)10-9-13(17)2/h6-11,15H,1-5H3,(H,21,22)/t15-/m0/s1. The van der Waals surface area contributed by atoms with Gasteiger partial charge in [-0.25, -0.2) is 4.79 Å². The first kappa shape index (κ1) is 18.5. The molecule has 2 rings (SSSR count). The Bertz CT molecular complexity index is 798. The average Bonchev–Trinajstić information content (AvgIpc) is 2.60. The fourth-order valence-electron chi connectivity index (χ4n) is 2.33. The molecular formula is C20H23NO4. The number of carbonyl (C=O) groups is 2. The summed E-state index contributed by atoms with van der Waals surface area (Å²) in [6.45, 7) is 7.50. The lowest BCUT2D eigenvalue weighted by atomic mass is 10.1. The van der Waals surface area contributed by atoms with Gasteiger partial charge in [0.15, 0.2) is 6.10 Å². The summed E-state index contributed by atoms with van der Waals surface area (Å²) in [5.41, 5.74) is 3.90. The van der Waals surface area contributed by atoms with Gasteiger partial charge in [-0.05, 0) is 62.6 Å². The third kappa shape index (κ3) is 4.38. The maximum atomic E-state index is 12.5. The Balaban J connectivity index is 2.13. The maximum absolute atomic E-state index is 12.5. The normalized spacial score (nSPS) is 11.6. The molecule has 5 heteroatoms. The van der Waals surface area contributed by atoms with Crippen molar-refractivity contribution in [2.45, 2.75) is 33.8 Å². The van der Waals surface area contributed by atoms with Gasteiger partial charge in [-0.15, -0.1) is 0 Å². The predicted molar refractivity (Wildman–Crippen MR) is 97.2 cm³/mol. The molecule has 0 spiro atoms. The van der Waals surface area contributed by atoms with Crippen molar-refractivity contribution in [3.05, 3.63) is 58.7 Å². The summed E-state index contributed by atoms with van der Waals surface area (Å²) in [6.07, 6.45) is -0.679. The van der Waals surface area contributed by atoms with Crippen molar-refractivity contribution < 1.29 is 19.1 Å². The largest absolute Gasteiger partial charge is 0.481 e. The van der Waals surface area contributed by atoms with Crippen LogP contribution in [0.3, 0.4) is 0 Å². The Morgan fingerprint density at radius 2 is 1.76 bits per heavy atom. The van der Waals surface area contributed by atoms with E-state index in [1.165, 1.54) is 7.11 Å². The number of rotatable bonds is 5. The van der Waals surface area contributed by atoms with Crippen molar-refractivity contribution in [2.24, 2.45) is 0 Å². The fourth-order valence-corrected chi connectivity index (χ4v) is 2.33. The Morgan fingerprint density at radius 1 is 1.04 bits per heavy atom. The van der Waals surface area contributed by atoms with Crippen LogP contribution in [0, 0.1) is 20.8 Å². The van der Waals surface area contributed by atoms with Crippen LogP contribution in [0.2, 0.25) is 0 Å². The van der Waals surface area contributed by atoms with E-state index in [0.29, 0.717) is 17.0 Å². The molecule has 0 saturated heterocycles. The highest BCUT2D eigenvalue weighted by atomic mass is 16.5. The van der Waals surface area contributed by atoms with Crippen LogP contribution in [-0.4, -0.2) is 25.1 Å². The van der Waals surface area contributed by atoms with E-state index in [4.69, 9.17) is 9.47 Å². The zero-order valence-electron chi connectivity index (χ0n) is 15.2. The van der Waals surface area contributed by atoms with Gasteiger partial charge in [0, 0.05) is 5.69 Å². The molecule has 1 N–H and O–H groups in total. The van der Waals surface area contributed by atoms with Crippen LogP contribution in [0.4, 0.5) is 5.69 Å². The minimum Gasteiger partial charge on any atom is -0.481 e. The van der Waals surface area contributed by atoms with Crippen LogP contribution in [0.25, 0.3) is 0 Å². The predicted octanol–water partition coefficient (Wildman–Crippen LogP) is 3.80. The molecule has 1 amide bonds. The summed E-state index contributed by atoms with van der Waals surface area (Å²) in [4.78, 5) is 24.1. The van der Waals surface area contributed by atoms with E-state index in [9.17, 15) is 9.59 Å². The Morgan fingerprint density at radius 3 is 2.44 bits per heavy atom. The second-order valence-corrected chi connectivity index (χ2v) is 5.97. The Kier molecular flexibility index (Phi) is 5.80. The lowest BCUT2D eigenvalue weighted by Crippen LogP contribution is -2.30. The molecule has 5 nitrogen and oxygen atoms in total. The van der Waals surface area contributed by atoms with Gasteiger partial charge in [-0.3, -0.25) is 4.79 Å². The van der Waals surface area contributed by atoms with Crippen molar-refractivity contribution in [1.29, 1.82) is 0 Å². The highest BCUT2D eigenvalue weighted by Gasteiger charge is 2.18. The molecule has 0 aromatic heterocycles. The van der Waals surface area contributed by atoms with E-state index in [-0.39, 0.29) is 5.91 Å². The van der Waals surface area contributed by atoms with Gasteiger partial charge in [0.2, 0.25) is 0 Å². The van der Waals surface area contributed by atoms with Gasteiger partial charge >= 0.3 is 5.97 Å². The number of nitrogens with one attached hydrogen (secondary N) is 1. The molecule has 2 aromatic carbocycles. The first-order valence-electron chi connectivity index (χ1n) is 8.06. The number of benzene rings is 2. The van der Waals surface area contributed by atoms with Crippen LogP contribution < -0.4 is 10.1 Å². The zero-order chi connectivity index (χ0) is 18.6. The SMILES string of the molecule is COC(=O)c1ccc(C)c(NC(=O)[C@H](C)Oc2cccc(C)c2C)c1. The second-order valence-electron chi connectivity index (χ2n) is 5.97. The lowest BCUT2D eigenvalue weighted by Gasteiger charge is -2.18. The molecular weight excluding hydrogens is 318 g/mol. The fraction of sp³-hybridized carbons (Fsp3) is 0.300. The summed E-state index contributed by atoms with van der Waals surface area (Å²) >= 11 is 0. The van der Waals surface area contributed by atoms with E-state index in [1.54, 1.807) is 25.1 Å². The molecule has 1 atom stereocenters. The topological polar surface area (TPSA) is 64.6 Å². The van der Waals surface area contributed by atoms with Gasteiger partial charge in [-0.2, -0.15) is 0 Å².